The minimum Gasteiger partial charge on any atom is -0.492 e. The van der Waals surface area contributed by atoms with Crippen LogP contribution in [0.25, 0.3) is 11.3 Å². The van der Waals surface area contributed by atoms with Gasteiger partial charge in [0.15, 0.2) is 0 Å². The average molecular weight is 340 g/mol. The van der Waals surface area contributed by atoms with Crippen molar-refractivity contribution in [2.45, 2.75) is 12.8 Å². The quantitative estimate of drug-likeness (QED) is 0.397. The van der Waals surface area contributed by atoms with Crippen LogP contribution >= 0.6 is 0 Å². The third-order valence-corrected chi connectivity index (χ3v) is 3.37. The van der Waals surface area contributed by atoms with Crippen LogP contribution in [0.15, 0.2) is 55.3 Å². The maximum Gasteiger partial charge on any atom is 0.386 e. The van der Waals surface area contributed by atoms with Crippen molar-refractivity contribution >= 4 is 11.9 Å². The molecule has 0 amide bonds. The van der Waals surface area contributed by atoms with Crippen molar-refractivity contribution in [3.8, 4) is 17.0 Å². The third-order valence-electron chi connectivity index (χ3n) is 3.37. The summed E-state index contributed by atoms with van der Waals surface area (Å²) in [6.45, 7) is 4.15. The van der Waals surface area contributed by atoms with Gasteiger partial charge in [0.1, 0.15) is 5.75 Å². The molecule has 0 fully saturated rings. The second-order valence-corrected chi connectivity index (χ2v) is 5.17. The van der Waals surface area contributed by atoms with Crippen LogP contribution in [0.2, 0.25) is 0 Å². The van der Waals surface area contributed by atoms with Crippen LogP contribution in [0.4, 0.5) is 0 Å². The number of unbranched alkanes of at least 4 members (excludes halogenated alkanes) is 1. The van der Waals surface area contributed by atoms with Crippen molar-refractivity contribution in [3.63, 3.8) is 0 Å². The Balaban J connectivity index is 1.78. The lowest BCUT2D eigenvalue weighted by Crippen LogP contribution is -2.04. The molecule has 6 heteroatoms. The number of nitrogens with zero attached hydrogens (tertiary/aromatic N) is 1. The first-order valence-corrected chi connectivity index (χ1v) is 7.80. The van der Waals surface area contributed by atoms with Gasteiger partial charge in [0.05, 0.1) is 30.7 Å². The standard InChI is InChI=1S/C19H18NO5/c1-2-18(21)25-12-4-3-11-24-16-9-10-17(20-13-16)14-5-7-15(8-6-14)19(22)23/h2,5-10,13H,1,3-4,11-12H2. The largest absolute Gasteiger partial charge is 0.492 e. The number of carbonyl (C=O) groups is 2. The molecule has 0 aliphatic heterocycles. The molecule has 0 aliphatic rings. The van der Waals surface area contributed by atoms with E-state index in [-0.39, 0.29) is 5.56 Å². The lowest BCUT2D eigenvalue weighted by molar-refractivity contribution is -0.137. The van der Waals surface area contributed by atoms with Crippen molar-refractivity contribution in [1.29, 1.82) is 0 Å². The highest BCUT2D eigenvalue weighted by Crippen LogP contribution is 2.20. The summed E-state index contributed by atoms with van der Waals surface area (Å²) >= 11 is 0. The molecule has 0 N–H and O–H groups in total. The zero-order chi connectivity index (χ0) is 18.1. The molecule has 0 saturated carbocycles. The third kappa shape index (κ3) is 5.76. The van der Waals surface area contributed by atoms with Crippen LogP contribution < -0.4 is 4.74 Å². The van der Waals surface area contributed by atoms with Crippen LogP contribution in [-0.2, 0) is 14.6 Å². The van der Waals surface area contributed by atoms with Crippen LogP contribution in [0.5, 0.6) is 5.75 Å². The van der Waals surface area contributed by atoms with E-state index in [9.17, 15) is 14.7 Å². The minimum atomic E-state index is -1.21. The van der Waals surface area contributed by atoms with Crippen molar-refractivity contribution < 1.29 is 24.2 Å². The summed E-state index contributed by atoms with van der Waals surface area (Å²) in [5.41, 5.74) is 1.65. The molecule has 0 aliphatic carbocycles. The van der Waals surface area contributed by atoms with Crippen molar-refractivity contribution in [3.05, 3.63) is 60.8 Å². The summed E-state index contributed by atoms with van der Waals surface area (Å²) in [6, 6.07) is 9.92. The van der Waals surface area contributed by atoms with Crippen LogP contribution in [0.1, 0.15) is 23.2 Å². The van der Waals surface area contributed by atoms with E-state index in [2.05, 4.69) is 11.6 Å². The summed E-state index contributed by atoms with van der Waals surface area (Å²) in [7, 11) is 0. The number of aromatic nitrogens is 1. The number of benzene rings is 1. The van der Waals surface area contributed by atoms with E-state index in [0.717, 1.165) is 18.1 Å². The molecule has 129 valence electrons. The highest BCUT2D eigenvalue weighted by atomic mass is 16.5. The molecular formula is C19H18NO5. The molecular weight excluding hydrogens is 322 g/mol. The monoisotopic (exact) mass is 340 g/mol. The summed E-state index contributed by atoms with van der Waals surface area (Å²) < 4.78 is 10.4. The number of rotatable bonds is 9. The fourth-order valence-corrected chi connectivity index (χ4v) is 2.04. The molecule has 1 radical (unpaired) electrons. The molecule has 2 aromatic rings. The predicted octanol–water partition coefficient (Wildman–Crippen LogP) is 3.21. The van der Waals surface area contributed by atoms with Crippen LogP contribution in [0.3, 0.4) is 0 Å². The second-order valence-electron chi connectivity index (χ2n) is 5.17. The lowest BCUT2D eigenvalue weighted by atomic mass is 10.1. The molecule has 1 aromatic carbocycles. The Hall–Kier alpha value is -3.15. The van der Waals surface area contributed by atoms with Crippen molar-refractivity contribution in [1.82, 2.24) is 4.98 Å². The molecule has 0 unspecified atom stereocenters. The fourth-order valence-electron chi connectivity index (χ4n) is 2.04. The summed E-state index contributed by atoms with van der Waals surface area (Å²) in [5, 5.41) is 10.7. The minimum absolute atomic E-state index is 0.127. The molecule has 0 atom stereocenters. The van der Waals surface area contributed by atoms with Gasteiger partial charge in [-0.3, -0.25) is 4.98 Å². The Morgan fingerprint density at radius 3 is 2.36 bits per heavy atom. The first-order valence-electron chi connectivity index (χ1n) is 7.80. The summed E-state index contributed by atoms with van der Waals surface area (Å²) in [5.74, 6) is -0.992. The van der Waals surface area contributed by atoms with E-state index < -0.39 is 11.9 Å². The van der Waals surface area contributed by atoms with Gasteiger partial charge in [-0.05, 0) is 37.1 Å². The van der Waals surface area contributed by atoms with Gasteiger partial charge < -0.3 is 9.47 Å². The highest BCUT2D eigenvalue weighted by Gasteiger charge is 2.06. The zero-order valence-electron chi connectivity index (χ0n) is 13.6. The van der Waals surface area contributed by atoms with Crippen LogP contribution in [-0.4, -0.2) is 30.1 Å². The van der Waals surface area contributed by atoms with E-state index in [4.69, 9.17) is 9.47 Å². The van der Waals surface area contributed by atoms with E-state index >= 15 is 0 Å². The van der Waals surface area contributed by atoms with E-state index in [1.807, 2.05) is 0 Å². The number of pyridine rings is 1. The van der Waals surface area contributed by atoms with Gasteiger partial charge in [0.25, 0.3) is 0 Å². The van der Waals surface area contributed by atoms with Gasteiger partial charge in [0, 0.05) is 11.6 Å². The lowest BCUT2D eigenvalue weighted by Gasteiger charge is -2.07. The van der Waals surface area contributed by atoms with E-state index in [1.54, 1.807) is 30.5 Å². The molecule has 2 rings (SSSR count). The second kappa shape index (κ2) is 9.22. The molecule has 25 heavy (non-hydrogen) atoms. The van der Waals surface area contributed by atoms with Crippen LogP contribution in [0, 0.1) is 0 Å². The summed E-state index contributed by atoms with van der Waals surface area (Å²) in [6.07, 6.45) is 4.20. The van der Waals surface area contributed by atoms with Crippen molar-refractivity contribution in [2.24, 2.45) is 0 Å². The number of carbonyl (C=O) groups excluding carboxylic acids is 2. The number of ether oxygens (including phenoxy) is 2. The first kappa shape index (κ1) is 18.2. The van der Waals surface area contributed by atoms with Gasteiger partial charge in [0.2, 0.25) is 0 Å². The van der Waals surface area contributed by atoms with Gasteiger partial charge >= 0.3 is 11.9 Å². The van der Waals surface area contributed by atoms with E-state index in [1.165, 1.54) is 12.1 Å². The van der Waals surface area contributed by atoms with Gasteiger partial charge in [-0.15, -0.1) is 0 Å². The number of hydrogen-bond acceptors (Lipinski definition) is 5. The SMILES string of the molecule is C=CC(=O)OCCCCOc1ccc(-c2ccc(C([O])=O)cc2)nc1. The highest BCUT2D eigenvalue weighted by molar-refractivity contribution is 5.87. The van der Waals surface area contributed by atoms with Gasteiger partial charge in [-0.2, -0.15) is 0 Å². The van der Waals surface area contributed by atoms with Gasteiger partial charge in [-0.25, -0.2) is 14.7 Å². The Kier molecular flexibility index (Phi) is 6.71. The topological polar surface area (TPSA) is 85.4 Å². The van der Waals surface area contributed by atoms with Crippen molar-refractivity contribution in [2.75, 3.05) is 13.2 Å². The molecule has 0 saturated heterocycles. The Bertz CT molecular complexity index is 722. The summed E-state index contributed by atoms with van der Waals surface area (Å²) in [4.78, 5) is 25.9. The number of hydrogen-bond donors (Lipinski definition) is 0. The predicted molar refractivity (Wildman–Crippen MR) is 90.6 cm³/mol. The molecule has 0 bridgehead atoms. The Labute approximate surface area is 145 Å². The smallest absolute Gasteiger partial charge is 0.386 e. The molecule has 1 heterocycles. The maximum absolute atomic E-state index is 10.9. The molecule has 6 nitrogen and oxygen atoms in total. The Morgan fingerprint density at radius 1 is 1.04 bits per heavy atom. The Morgan fingerprint density at radius 2 is 1.76 bits per heavy atom. The first-order chi connectivity index (χ1) is 12.1. The molecule has 1 aromatic heterocycles. The molecule has 0 spiro atoms. The average Bonchev–Trinajstić information content (AvgIpc) is 2.65. The normalized spacial score (nSPS) is 10.1. The zero-order valence-corrected chi connectivity index (χ0v) is 13.6. The number of esters is 1. The fraction of sp³-hybridized carbons (Fsp3) is 0.211. The maximum atomic E-state index is 10.9. The van der Waals surface area contributed by atoms with E-state index in [0.29, 0.717) is 31.1 Å². The van der Waals surface area contributed by atoms with Gasteiger partial charge in [-0.1, -0.05) is 18.7 Å².